The standard InChI is InChI=1S/C20H22N2O2/c1-14-8-9-18-17(12-14)22-20(24-18)11-10-19(23)21-13-15(2)16-6-4-3-5-7-16/h3-9,12,15H,10-11,13H2,1-2H3,(H,21,23). The Morgan fingerprint density at radius 1 is 1.21 bits per heavy atom. The van der Waals surface area contributed by atoms with E-state index in [1.807, 2.05) is 43.3 Å². The minimum atomic E-state index is 0.0243. The average molecular weight is 322 g/mol. The van der Waals surface area contributed by atoms with Crippen LogP contribution in [0.5, 0.6) is 0 Å². The van der Waals surface area contributed by atoms with Gasteiger partial charge in [0, 0.05) is 19.4 Å². The Balaban J connectivity index is 1.49. The molecule has 1 amide bonds. The van der Waals surface area contributed by atoms with Crippen LogP contribution in [0.25, 0.3) is 11.1 Å². The van der Waals surface area contributed by atoms with Gasteiger partial charge in [-0.1, -0.05) is 43.3 Å². The van der Waals surface area contributed by atoms with Gasteiger partial charge in [-0.2, -0.15) is 0 Å². The van der Waals surface area contributed by atoms with Crippen LogP contribution in [0.15, 0.2) is 52.9 Å². The second kappa shape index (κ2) is 7.30. The lowest BCUT2D eigenvalue weighted by Gasteiger charge is -2.12. The van der Waals surface area contributed by atoms with Crippen molar-refractivity contribution in [3.8, 4) is 0 Å². The normalized spacial score (nSPS) is 12.2. The van der Waals surface area contributed by atoms with Gasteiger partial charge in [-0.25, -0.2) is 4.98 Å². The first-order valence-corrected chi connectivity index (χ1v) is 8.29. The van der Waals surface area contributed by atoms with E-state index < -0.39 is 0 Å². The Hall–Kier alpha value is -2.62. The third-order valence-corrected chi connectivity index (χ3v) is 4.13. The maximum Gasteiger partial charge on any atom is 0.220 e. The molecule has 1 heterocycles. The van der Waals surface area contributed by atoms with Crippen LogP contribution in [0.2, 0.25) is 0 Å². The quantitative estimate of drug-likeness (QED) is 0.746. The lowest BCUT2D eigenvalue weighted by molar-refractivity contribution is -0.121. The summed E-state index contributed by atoms with van der Waals surface area (Å²) in [5.41, 5.74) is 4.00. The van der Waals surface area contributed by atoms with Gasteiger partial charge in [-0.15, -0.1) is 0 Å². The molecule has 0 saturated carbocycles. The van der Waals surface area contributed by atoms with E-state index in [-0.39, 0.29) is 5.91 Å². The first-order valence-electron chi connectivity index (χ1n) is 8.29. The first kappa shape index (κ1) is 16.2. The Morgan fingerprint density at radius 3 is 2.79 bits per heavy atom. The van der Waals surface area contributed by atoms with Crippen LogP contribution in [0.4, 0.5) is 0 Å². The van der Waals surface area contributed by atoms with Gasteiger partial charge in [-0.05, 0) is 36.1 Å². The number of hydrogen-bond acceptors (Lipinski definition) is 3. The number of nitrogens with one attached hydrogen (secondary N) is 1. The number of fused-ring (bicyclic) bond motifs is 1. The van der Waals surface area contributed by atoms with Crippen LogP contribution in [-0.4, -0.2) is 17.4 Å². The molecule has 1 atom stereocenters. The number of aromatic nitrogens is 1. The smallest absolute Gasteiger partial charge is 0.220 e. The topological polar surface area (TPSA) is 55.1 Å². The Bertz CT molecular complexity index is 824. The van der Waals surface area contributed by atoms with Gasteiger partial charge in [0.05, 0.1) is 0 Å². The van der Waals surface area contributed by atoms with Gasteiger partial charge in [-0.3, -0.25) is 4.79 Å². The summed E-state index contributed by atoms with van der Waals surface area (Å²) in [6, 6.07) is 16.1. The minimum Gasteiger partial charge on any atom is -0.441 e. The van der Waals surface area contributed by atoms with E-state index in [1.54, 1.807) is 0 Å². The van der Waals surface area contributed by atoms with Crippen LogP contribution >= 0.6 is 0 Å². The zero-order valence-electron chi connectivity index (χ0n) is 14.1. The number of aryl methyl sites for hydroxylation is 2. The third-order valence-electron chi connectivity index (χ3n) is 4.13. The van der Waals surface area contributed by atoms with Gasteiger partial charge < -0.3 is 9.73 Å². The number of rotatable bonds is 6. The fraction of sp³-hybridized carbons (Fsp3) is 0.300. The molecule has 0 bridgehead atoms. The van der Waals surface area contributed by atoms with Gasteiger partial charge in [0.15, 0.2) is 11.5 Å². The molecular weight excluding hydrogens is 300 g/mol. The van der Waals surface area contributed by atoms with Gasteiger partial charge in [0.2, 0.25) is 5.91 Å². The second-order valence-corrected chi connectivity index (χ2v) is 6.19. The fourth-order valence-electron chi connectivity index (χ4n) is 2.67. The van der Waals surface area contributed by atoms with Gasteiger partial charge >= 0.3 is 0 Å². The molecule has 4 heteroatoms. The molecule has 2 aromatic carbocycles. The molecule has 124 valence electrons. The number of amides is 1. The maximum absolute atomic E-state index is 12.0. The lowest BCUT2D eigenvalue weighted by Crippen LogP contribution is -2.27. The van der Waals surface area contributed by atoms with E-state index in [4.69, 9.17) is 4.42 Å². The number of carbonyl (C=O) groups is 1. The summed E-state index contributed by atoms with van der Waals surface area (Å²) in [6.07, 6.45) is 0.895. The maximum atomic E-state index is 12.0. The summed E-state index contributed by atoms with van der Waals surface area (Å²) >= 11 is 0. The number of carbonyl (C=O) groups excluding carboxylic acids is 1. The summed E-state index contributed by atoms with van der Waals surface area (Å²) in [5.74, 6) is 0.931. The van der Waals surface area contributed by atoms with E-state index in [2.05, 4.69) is 29.4 Å². The largest absolute Gasteiger partial charge is 0.441 e. The summed E-state index contributed by atoms with van der Waals surface area (Å²) < 4.78 is 5.68. The molecule has 0 aliphatic rings. The van der Waals surface area contributed by atoms with Crippen LogP contribution in [0, 0.1) is 6.92 Å². The molecule has 0 saturated heterocycles. The molecule has 24 heavy (non-hydrogen) atoms. The average Bonchev–Trinajstić information content (AvgIpc) is 3.00. The van der Waals surface area contributed by atoms with Gasteiger partial charge in [0.1, 0.15) is 5.52 Å². The lowest BCUT2D eigenvalue weighted by atomic mass is 10.0. The predicted octanol–water partition coefficient (Wildman–Crippen LogP) is 3.99. The number of hydrogen-bond donors (Lipinski definition) is 1. The molecule has 0 aliphatic carbocycles. The molecule has 0 fully saturated rings. The SMILES string of the molecule is Cc1ccc2oc(CCC(=O)NCC(C)c3ccccc3)nc2c1. The summed E-state index contributed by atoms with van der Waals surface area (Å²) in [6.45, 7) is 4.77. The summed E-state index contributed by atoms with van der Waals surface area (Å²) in [7, 11) is 0. The molecule has 3 aromatic rings. The minimum absolute atomic E-state index is 0.0243. The number of nitrogens with zero attached hydrogens (tertiary/aromatic N) is 1. The highest BCUT2D eigenvalue weighted by Gasteiger charge is 2.10. The van der Waals surface area contributed by atoms with Crippen molar-refractivity contribution in [2.75, 3.05) is 6.54 Å². The monoisotopic (exact) mass is 322 g/mol. The van der Waals surface area contributed by atoms with Gasteiger partial charge in [0.25, 0.3) is 0 Å². The molecule has 1 unspecified atom stereocenters. The van der Waals surface area contributed by atoms with E-state index in [0.717, 1.165) is 16.7 Å². The first-order chi connectivity index (χ1) is 11.6. The number of benzene rings is 2. The molecule has 0 spiro atoms. The number of oxazole rings is 1. The Morgan fingerprint density at radius 2 is 2.00 bits per heavy atom. The van der Waals surface area contributed by atoms with Crippen LogP contribution < -0.4 is 5.32 Å². The highest BCUT2D eigenvalue weighted by atomic mass is 16.3. The molecule has 0 radical (unpaired) electrons. The van der Waals surface area contributed by atoms with Crippen LogP contribution in [0.3, 0.4) is 0 Å². The zero-order chi connectivity index (χ0) is 16.9. The van der Waals surface area contributed by atoms with E-state index >= 15 is 0 Å². The van der Waals surface area contributed by atoms with Crippen molar-refractivity contribution in [3.63, 3.8) is 0 Å². The second-order valence-electron chi connectivity index (χ2n) is 6.19. The van der Waals surface area contributed by atoms with Crippen molar-refractivity contribution >= 4 is 17.0 Å². The molecule has 0 aliphatic heterocycles. The molecule has 4 nitrogen and oxygen atoms in total. The van der Waals surface area contributed by atoms with Crippen LogP contribution in [0.1, 0.15) is 36.3 Å². The zero-order valence-corrected chi connectivity index (χ0v) is 14.1. The predicted molar refractivity (Wildman–Crippen MR) is 94.9 cm³/mol. The van der Waals surface area contributed by atoms with Crippen LogP contribution in [-0.2, 0) is 11.2 Å². The van der Waals surface area contributed by atoms with Crippen molar-refractivity contribution in [2.24, 2.45) is 0 Å². The molecular formula is C20H22N2O2. The van der Waals surface area contributed by atoms with Crippen molar-refractivity contribution in [2.45, 2.75) is 32.6 Å². The summed E-state index contributed by atoms with van der Waals surface area (Å²) in [4.78, 5) is 16.5. The highest BCUT2D eigenvalue weighted by Crippen LogP contribution is 2.18. The fourth-order valence-corrected chi connectivity index (χ4v) is 2.67. The molecule has 3 rings (SSSR count). The van der Waals surface area contributed by atoms with E-state index in [0.29, 0.717) is 31.2 Å². The van der Waals surface area contributed by atoms with Crippen molar-refractivity contribution in [1.29, 1.82) is 0 Å². The van der Waals surface area contributed by atoms with Crippen molar-refractivity contribution in [3.05, 3.63) is 65.5 Å². The Labute approximate surface area is 141 Å². The van der Waals surface area contributed by atoms with Crippen molar-refractivity contribution < 1.29 is 9.21 Å². The summed E-state index contributed by atoms with van der Waals surface area (Å²) in [5, 5.41) is 2.99. The highest BCUT2D eigenvalue weighted by molar-refractivity contribution is 5.76. The third kappa shape index (κ3) is 4.02. The van der Waals surface area contributed by atoms with Crippen molar-refractivity contribution in [1.82, 2.24) is 10.3 Å². The Kier molecular flexibility index (Phi) is 4.94. The molecule has 1 aromatic heterocycles. The van der Waals surface area contributed by atoms with E-state index in [1.165, 1.54) is 5.56 Å². The van der Waals surface area contributed by atoms with E-state index in [9.17, 15) is 4.79 Å². The molecule has 1 N–H and O–H groups in total.